The monoisotopic (exact) mass is 422 g/mol. The molecule has 1 amide bonds. The van der Waals surface area contributed by atoms with Crippen LogP contribution in [0.15, 0.2) is 52.3 Å². The smallest absolute Gasteiger partial charge is 0.241 e. The molecule has 7 nitrogen and oxygen atoms in total. The minimum absolute atomic E-state index is 0.0707. The van der Waals surface area contributed by atoms with Crippen molar-refractivity contribution in [2.45, 2.75) is 36.1 Å². The van der Waals surface area contributed by atoms with Crippen LogP contribution in [0.1, 0.15) is 31.0 Å². The zero-order valence-electron chi connectivity index (χ0n) is 15.8. The van der Waals surface area contributed by atoms with E-state index >= 15 is 0 Å². The minimum Gasteiger partial charge on any atom is -0.312 e. The maximum Gasteiger partial charge on any atom is 0.241 e. The van der Waals surface area contributed by atoms with Gasteiger partial charge in [-0.3, -0.25) is 4.79 Å². The SMILES string of the molecule is CC(=O)N1CCc2cc(S(=O)(=O)N[C@H](C)c3ccc(S(C)(=O)=O)cc3)ccc21. The molecule has 1 atom stereocenters. The van der Waals surface area contributed by atoms with Crippen molar-refractivity contribution in [1.29, 1.82) is 0 Å². The van der Waals surface area contributed by atoms with Gasteiger partial charge >= 0.3 is 0 Å². The molecule has 0 spiro atoms. The quantitative estimate of drug-likeness (QED) is 0.795. The minimum atomic E-state index is -3.78. The molecule has 1 aliphatic heterocycles. The van der Waals surface area contributed by atoms with E-state index in [-0.39, 0.29) is 15.7 Å². The molecule has 0 bridgehead atoms. The fourth-order valence-electron chi connectivity index (χ4n) is 3.24. The molecule has 0 aliphatic carbocycles. The van der Waals surface area contributed by atoms with Gasteiger partial charge < -0.3 is 4.90 Å². The molecule has 1 aliphatic rings. The molecule has 0 fully saturated rings. The molecule has 1 heterocycles. The van der Waals surface area contributed by atoms with E-state index in [2.05, 4.69) is 4.72 Å². The number of fused-ring (bicyclic) bond motifs is 1. The van der Waals surface area contributed by atoms with Crippen molar-refractivity contribution >= 4 is 31.5 Å². The molecule has 0 unspecified atom stereocenters. The lowest BCUT2D eigenvalue weighted by atomic mass is 10.1. The van der Waals surface area contributed by atoms with Gasteiger partial charge in [-0.15, -0.1) is 0 Å². The van der Waals surface area contributed by atoms with Gasteiger partial charge in [0.05, 0.1) is 9.79 Å². The van der Waals surface area contributed by atoms with E-state index in [4.69, 9.17) is 0 Å². The summed E-state index contributed by atoms with van der Waals surface area (Å²) in [4.78, 5) is 13.6. The molecule has 150 valence electrons. The lowest BCUT2D eigenvalue weighted by molar-refractivity contribution is -0.116. The predicted octanol–water partition coefficient (Wildman–Crippen LogP) is 2.04. The van der Waals surface area contributed by atoms with Gasteiger partial charge in [0.25, 0.3) is 0 Å². The van der Waals surface area contributed by atoms with Crippen LogP contribution in [0.3, 0.4) is 0 Å². The Morgan fingerprint density at radius 2 is 1.64 bits per heavy atom. The number of sulfone groups is 1. The highest BCUT2D eigenvalue weighted by molar-refractivity contribution is 7.90. The van der Waals surface area contributed by atoms with Gasteiger partial charge in [-0.05, 0) is 54.8 Å². The first-order chi connectivity index (χ1) is 13.0. The Hall–Kier alpha value is -2.23. The van der Waals surface area contributed by atoms with Gasteiger partial charge in [0.1, 0.15) is 0 Å². The fraction of sp³-hybridized carbons (Fsp3) is 0.316. The summed E-state index contributed by atoms with van der Waals surface area (Å²) in [6.45, 7) is 3.72. The van der Waals surface area contributed by atoms with Gasteiger partial charge in [-0.2, -0.15) is 0 Å². The van der Waals surface area contributed by atoms with Crippen LogP contribution in [0.2, 0.25) is 0 Å². The van der Waals surface area contributed by atoms with Gasteiger partial charge in [-0.1, -0.05) is 12.1 Å². The van der Waals surface area contributed by atoms with Gasteiger partial charge in [-0.25, -0.2) is 21.6 Å². The second-order valence-corrected chi connectivity index (χ2v) is 10.6. The zero-order chi connectivity index (χ0) is 20.7. The van der Waals surface area contributed by atoms with E-state index in [9.17, 15) is 21.6 Å². The third kappa shape index (κ3) is 4.11. The van der Waals surface area contributed by atoms with E-state index in [1.54, 1.807) is 36.1 Å². The van der Waals surface area contributed by atoms with Crippen molar-refractivity contribution in [3.8, 4) is 0 Å². The summed E-state index contributed by atoms with van der Waals surface area (Å²) < 4.78 is 51.3. The average Bonchev–Trinajstić information content (AvgIpc) is 3.04. The van der Waals surface area contributed by atoms with Crippen LogP contribution in [-0.2, 0) is 31.1 Å². The Kier molecular flexibility index (Phi) is 5.35. The third-order valence-corrected chi connectivity index (χ3v) is 7.44. The summed E-state index contributed by atoms with van der Waals surface area (Å²) in [7, 11) is -7.08. The summed E-state index contributed by atoms with van der Waals surface area (Å²) in [6.07, 6.45) is 1.73. The summed E-state index contributed by atoms with van der Waals surface area (Å²) in [5, 5.41) is 0. The van der Waals surface area contributed by atoms with E-state index in [1.807, 2.05) is 0 Å². The molecular weight excluding hydrogens is 400 g/mol. The molecule has 0 aromatic heterocycles. The number of nitrogens with one attached hydrogen (secondary N) is 1. The Bertz CT molecular complexity index is 1120. The number of benzene rings is 2. The van der Waals surface area contributed by atoms with E-state index in [0.29, 0.717) is 18.5 Å². The number of rotatable bonds is 5. The molecule has 0 saturated heterocycles. The summed E-state index contributed by atoms with van der Waals surface area (Å²) in [5.41, 5.74) is 2.22. The van der Waals surface area contributed by atoms with Gasteiger partial charge in [0, 0.05) is 31.5 Å². The number of sulfonamides is 1. The number of nitrogens with zero attached hydrogens (tertiary/aromatic N) is 1. The first kappa shape index (κ1) is 20.5. The highest BCUT2D eigenvalue weighted by atomic mass is 32.2. The molecular formula is C19H22N2O5S2. The summed E-state index contributed by atoms with van der Waals surface area (Å²) in [5.74, 6) is -0.0707. The van der Waals surface area contributed by atoms with E-state index < -0.39 is 25.9 Å². The summed E-state index contributed by atoms with van der Waals surface area (Å²) in [6, 6.07) is 10.3. The third-order valence-electron chi connectivity index (χ3n) is 4.78. The molecule has 9 heteroatoms. The Labute approximate surface area is 165 Å². The second-order valence-electron chi connectivity index (χ2n) is 6.90. The maximum absolute atomic E-state index is 12.8. The topological polar surface area (TPSA) is 101 Å². The van der Waals surface area contributed by atoms with Crippen LogP contribution in [-0.4, -0.2) is 35.5 Å². The van der Waals surface area contributed by atoms with Crippen LogP contribution in [0.4, 0.5) is 5.69 Å². The highest BCUT2D eigenvalue weighted by Gasteiger charge is 2.25. The van der Waals surface area contributed by atoms with Crippen LogP contribution in [0.5, 0.6) is 0 Å². The van der Waals surface area contributed by atoms with Crippen LogP contribution >= 0.6 is 0 Å². The number of anilines is 1. The molecule has 3 rings (SSSR count). The van der Waals surface area contributed by atoms with E-state index in [1.165, 1.54) is 25.1 Å². The maximum atomic E-state index is 12.8. The van der Waals surface area contributed by atoms with Gasteiger partial charge in [0.2, 0.25) is 15.9 Å². The molecule has 1 N–H and O–H groups in total. The first-order valence-corrected chi connectivity index (χ1v) is 12.1. The van der Waals surface area contributed by atoms with Gasteiger partial charge in [0.15, 0.2) is 9.84 Å². The summed E-state index contributed by atoms with van der Waals surface area (Å²) >= 11 is 0. The predicted molar refractivity (Wildman–Crippen MR) is 106 cm³/mol. The molecule has 28 heavy (non-hydrogen) atoms. The Balaban J connectivity index is 1.81. The second kappa shape index (κ2) is 7.31. The highest BCUT2D eigenvalue weighted by Crippen LogP contribution is 2.30. The number of hydrogen-bond donors (Lipinski definition) is 1. The van der Waals surface area contributed by atoms with Crippen LogP contribution in [0, 0.1) is 0 Å². The average molecular weight is 423 g/mol. The number of hydrogen-bond acceptors (Lipinski definition) is 5. The molecule has 0 saturated carbocycles. The van der Waals surface area contributed by atoms with Crippen LogP contribution < -0.4 is 9.62 Å². The Morgan fingerprint density at radius 3 is 2.21 bits per heavy atom. The largest absolute Gasteiger partial charge is 0.312 e. The molecule has 2 aromatic rings. The molecule has 2 aromatic carbocycles. The zero-order valence-corrected chi connectivity index (χ0v) is 17.5. The Morgan fingerprint density at radius 1 is 1.04 bits per heavy atom. The number of carbonyl (C=O) groups excluding carboxylic acids is 1. The fourth-order valence-corrected chi connectivity index (χ4v) is 5.16. The number of carbonyl (C=O) groups is 1. The van der Waals surface area contributed by atoms with Crippen molar-refractivity contribution in [1.82, 2.24) is 4.72 Å². The van der Waals surface area contributed by atoms with Crippen molar-refractivity contribution in [3.05, 3.63) is 53.6 Å². The van der Waals surface area contributed by atoms with Crippen molar-refractivity contribution in [3.63, 3.8) is 0 Å². The van der Waals surface area contributed by atoms with Crippen LogP contribution in [0.25, 0.3) is 0 Å². The molecule has 0 radical (unpaired) electrons. The van der Waals surface area contributed by atoms with Crippen molar-refractivity contribution in [2.75, 3.05) is 17.7 Å². The van der Waals surface area contributed by atoms with E-state index in [0.717, 1.165) is 17.5 Å². The number of amides is 1. The first-order valence-electron chi connectivity index (χ1n) is 8.72. The van der Waals surface area contributed by atoms with Crippen molar-refractivity contribution < 1.29 is 21.6 Å². The lowest BCUT2D eigenvalue weighted by Crippen LogP contribution is -2.27. The standard InChI is InChI=1S/C19H22N2O5S2/c1-13(15-4-6-17(7-5-15)27(3,23)24)20-28(25,26)18-8-9-19-16(12-18)10-11-21(19)14(2)22/h4-9,12-13,20H,10-11H2,1-3H3/t13-/m1/s1. The lowest BCUT2D eigenvalue weighted by Gasteiger charge is -2.17. The normalized spacial score (nSPS) is 15.3. The van der Waals surface area contributed by atoms with Crippen molar-refractivity contribution in [2.24, 2.45) is 0 Å².